The topological polar surface area (TPSA) is 91.8 Å². The first-order valence-electron chi connectivity index (χ1n) is 12.0. The second-order valence-corrected chi connectivity index (χ2v) is 11.5. The number of carbonyl (C=O) groups is 5. The maximum atomic E-state index is 14.3. The highest BCUT2D eigenvalue weighted by molar-refractivity contribution is 6.43. The molecule has 10 unspecified atom stereocenters. The highest BCUT2D eigenvalue weighted by Gasteiger charge is 2.78. The van der Waals surface area contributed by atoms with Crippen molar-refractivity contribution in [2.24, 2.45) is 58.2 Å². The molecule has 0 radical (unpaired) electrons. The van der Waals surface area contributed by atoms with Crippen LogP contribution < -0.4 is 0 Å². The third-order valence-corrected chi connectivity index (χ3v) is 11.0. The molecule has 162 valence electrons. The minimum Gasteiger partial charge on any atom is -0.333 e. The maximum Gasteiger partial charge on any atom is 0.246 e. The van der Waals surface area contributed by atoms with E-state index in [9.17, 15) is 24.0 Å². The van der Waals surface area contributed by atoms with E-state index in [1.807, 2.05) is 6.82 Å². The van der Waals surface area contributed by atoms with Crippen LogP contribution in [-0.2, 0) is 24.0 Å². The monoisotopic (exact) mass is 422 g/mol. The summed E-state index contributed by atoms with van der Waals surface area (Å²) >= 11 is 0. The lowest BCUT2D eigenvalue weighted by molar-refractivity contribution is -0.145. The molecule has 2 spiro atoms. The lowest BCUT2D eigenvalue weighted by Gasteiger charge is -2.42. The zero-order valence-corrected chi connectivity index (χ0v) is 18.0. The van der Waals surface area contributed by atoms with E-state index in [0.29, 0.717) is 7.41 Å². The van der Waals surface area contributed by atoms with Crippen molar-refractivity contribution in [2.45, 2.75) is 45.3 Å². The zero-order chi connectivity index (χ0) is 21.6. The molecule has 8 heteroatoms. The molecular formula is C23H27BN2O5. The second-order valence-electron chi connectivity index (χ2n) is 11.5. The van der Waals surface area contributed by atoms with Crippen LogP contribution in [-0.4, -0.2) is 53.6 Å². The molecule has 7 rings (SSSR count). The van der Waals surface area contributed by atoms with Crippen molar-refractivity contribution in [3.8, 4) is 0 Å². The van der Waals surface area contributed by atoms with Gasteiger partial charge in [-0.15, -0.1) is 0 Å². The third-order valence-electron chi connectivity index (χ3n) is 11.0. The van der Waals surface area contributed by atoms with Crippen molar-refractivity contribution in [1.29, 1.82) is 0 Å². The third kappa shape index (κ3) is 1.72. The van der Waals surface area contributed by atoms with Gasteiger partial charge >= 0.3 is 0 Å². The van der Waals surface area contributed by atoms with E-state index in [1.165, 1.54) is 9.71 Å². The molecule has 31 heavy (non-hydrogen) atoms. The van der Waals surface area contributed by atoms with Crippen LogP contribution in [0.2, 0.25) is 6.82 Å². The second kappa shape index (κ2) is 5.32. The summed E-state index contributed by atoms with van der Waals surface area (Å²) in [7, 11) is 1.98. The number of nitrogens with zero attached hydrogens (tertiary/aromatic N) is 2. The van der Waals surface area contributed by atoms with Gasteiger partial charge in [0, 0.05) is 17.9 Å². The number of likely N-dealkylation sites (tertiary alicyclic amines) is 1. The van der Waals surface area contributed by atoms with E-state index in [-0.39, 0.29) is 76.8 Å². The van der Waals surface area contributed by atoms with Gasteiger partial charge in [0.05, 0.1) is 23.7 Å². The van der Waals surface area contributed by atoms with Crippen LogP contribution >= 0.6 is 0 Å². The van der Waals surface area contributed by atoms with Crippen LogP contribution in [0.15, 0.2) is 0 Å². The van der Waals surface area contributed by atoms with Gasteiger partial charge in [-0.25, -0.2) is 0 Å². The van der Waals surface area contributed by atoms with Gasteiger partial charge in [0.25, 0.3) is 0 Å². The van der Waals surface area contributed by atoms with Gasteiger partial charge in [0.2, 0.25) is 31.0 Å². The number of fused-ring (bicyclic) bond motifs is 12. The number of amides is 4. The summed E-state index contributed by atoms with van der Waals surface area (Å²) in [5.74, 6) is -0.862. The minimum absolute atomic E-state index is 0.0270. The quantitative estimate of drug-likeness (QED) is 0.457. The molecule has 0 aromatic carbocycles. The summed E-state index contributed by atoms with van der Waals surface area (Å²) in [5, 5.41) is 0. The molecule has 7 nitrogen and oxygen atoms in total. The van der Waals surface area contributed by atoms with E-state index in [0.717, 1.165) is 38.5 Å². The lowest BCUT2D eigenvalue weighted by atomic mass is 9.58. The van der Waals surface area contributed by atoms with Gasteiger partial charge in [-0.05, 0) is 62.2 Å². The van der Waals surface area contributed by atoms with E-state index < -0.39 is 10.8 Å². The predicted octanol–water partition coefficient (Wildman–Crippen LogP) is 0.634. The average molecular weight is 422 g/mol. The lowest BCUT2D eigenvalue weighted by Crippen LogP contribution is -2.48. The first-order valence-corrected chi connectivity index (χ1v) is 12.0. The Kier molecular flexibility index (Phi) is 3.19. The van der Waals surface area contributed by atoms with E-state index in [2.05, 4.69) is 0 Å². The van der Waals surface area contributed by atoms with Crippen molar-refractivity contribution >= 4 is 36.8 Å². The number of carbonyl (C=O) groups excluding carboxylic acids is 5. The van der Waals surface area contributed by atoms with E-state index in [4.69, 9.17) is 0 Å². The molecule has 7 aliphatic rings. The molecule has 4 bridgehead atoms. The largest absolute Gasteiger partial charge is 0.333 e. The fraction of sp³-hybridized carbons (Fsp3) is 0.783. The van der Waals surface area contributed by atoms with Crippen LogP contribution in [0.5, 0.6) is 0 Å². The van der Waals surface area contributed by atoms with E-state index in [1.54, 1.807) is 7.05 Å². The summed E-state index contributed by atoms with van der Waals surface area (Å²) in [4.78, 5) is 68.4. The first-order chi connectivity index (χ1) is 14.8. The van der Waals surface area contributed by atoms with Gasteiger partial charge in [-0.1, -0.05) is 6.82 Å². The number of hydrogen-bond acceptors (Lipinski definition) is 5. The molecule has 4 amide bonds. The Morgan fingerprint density at radius 3 is 1.74 bits per heavy atom. The van der Waals surface area contributed by atoms with Crippen molar-refractivity contribution in [3.63, 3.8) is 0 Å². The summed E-state index contributed by atoms with van der Waals surface area (Å²) < 4.78 is 0. The van der Waals surface area contributed by atoms with Crippen LogP contribution in [0, 0.1) is 58.2 Å². The van der Waals surface area contributed by atoms with Crippen molar-refractivity contribution in [1.82, 2.24) is 9.71 Å². The maximum absolute atomic E-state index is 14.3. The molecule has 0 aromatic heterocycles. The number of imide groups is 2. The van der Waals surface area contributed by atoms with Crippen molar-refractivity contribution in [2.75, 3.05) is 7.05 Å². The highest BCUT2D eigenvalue weighted by Crippen LogP contribution is 2.75. The fourth-order valence-corrected chi connectivity index (χ4v) is 10.1. The van der Waals surface area contributed by atoms with Crippen LogP contribution in [0.25, 0.3) is 0 Å². The van der Waals surface area contributed by atoms with E-state index >= 15 is 0 Å². The van der Waals surface area contributed by atoms with Gasteiger partial charge < -0.3 is 4.81 Å². The fourth-order valence-electron chi connectivity index (χ4n) is 10.1. The van der Waals surface area contributed by atoms with Gasteiger partial charge in [-0.2, -0.15) is 0 Å². The van der Waals surface area contributed by atoms with Crippen molar-refractivity contribution < 1.29 is 24.0 Å². The number of hydrogen-bond donors (Lipinski definition) is 0. The van der Waals surface area contributed by atoms with Crippen LogP contribution in [0.4, 0.5) is 0 Å². The molecule has 0 N–H and O–H groups in total. The Bertz CT molecular complexity index is 1010. The van der Waals surface area contributed by atoms with Crippen molar-refractivity contribution in [3.05, 3.63) is 0 Å². The SMILES string of the molecule is CBN1C(=O)C2C3CC(C2C1=O)C1(CCC2(CC4CC2C2C(=O)N(C)C(=O)C42)C1=O)C3. The van der Waals surface area contributed by atoms with Gasteiger partial charge in [-0.3, -0.25) is 28.9 Å². The Balaban J connectivity index is 1.24. The Morgan fingerprint density at radius 2 is 1.19 bits per heavy atom. The predicted molar refractivity (Wildman–Crippen MR) is 108 cm³/mol. The number of rotatable bonds is 1. The Hall–Kier alpha value is -1.99. The minimum atomic E-state index is -0.497. The molecule has 5 aliphatic carbocycles. The molecule has 2 aliphatic heterocycles. The summed E-state index contributed by atoms with van der Waals surface area (Å²) in [6.45, 7) is 1.84. The average Bonchev–Trinajstić information content (AvgIpc) is 3.58. The molecular weight excluding hydrogens is 395 g/mol. The summed E-state index contributed by atoms with van der Waals surface area (Å²) in [6.07, 6.45) is 4.64. The number of ketones is 1. The molecule has 7 fully saturated rings. The summed E-state index contributed by atoms with van der Waals surface area (Å²) in [6, 6.07) is 0. The summed E-state index contributed by atoms with van der Waals surface area (Å²) in [5.41, 5.74) is -0.994. The number of Topliss-reactive ketones (excluding diaryl/α,β-unsaturated/α-hetero) is 1. The van der Waals surface area contributed by atoms with Crippen LogP contribution in [0.1, 0.15) is 38.5 Å². The van der Waals surface area contributed by atoms with Crippen LogP contribution in [0.3, 0.4) is 0 Å². The standard InChI is InChI=1S/C23H27BN2O5/c1-24-26-19(29)14-10-6-12(16(14)20(26)30)23(8-10)4-3-22(21(23)31)7-9-5-11(22)15-13(9)17(27)25(2)18(15)28/h9-16,24H,3-8H2,1-2H3. The van der Waals surface area contributed by atoms with Gasteiger partial charge in [0.1, 0.15) is 5.78 Å². The molecule has 2 heterocycles. The Morgan fingerprint density at radius 1 is 0.742 bits per heavy atom. The Labute approximate surface area is 181 Å². The smallest absolute Gasteiger partial charge is 0.246 e. The normalized spacial score (nSPS) is 53.8. The molecule has 0 aromatic rings. The zero-order valence-electron chi connectivity index (χ0n) is 18.0. The first kappa shape index (κ1) is 18.6. The molecule has 5 saturated carbocycles. The molecule has 2 saturated heterocycles. The molecule has 10 atom stereocenters. The highest BCUT2D eigenvalue weighted by atomic mass is 16.2. The van der Waals surface area contributed by atoms with Gasteiger partial charge in [0.15, 0.2) is 0 Å².